The Morgan fingerprint density at radius 2 is 1.54 bits per heavy atom. The topological polar surface area (TPSA) is 142 Å². The Bertz CT molecular complexity index is 2080. The van der Waals surface area contributed by atoms with Crippen molar-refractivity contribution in [3.8, 4) is 28.7 Å². The van der Waals surface area contributed by atoms with Crippen LogP contribution in [0.5, 0.6) is 28.7 Å². The summed E-state index contributed by atoms with van der Waals surface area (Å²) in [4.78, 5) is 39.8. The summed E-state index contributed by atoms with van der Waals surface area (Å²) < 4.78 is 74.2. The fraction of sp³-hybridized carbons (Fsp3) is 0.121. The number of amides is 2. The maximum atomic E-state index is 15.3. The van der Waals surface area contributed by atoms with E-state index < -0.39 is 57.0 Å². The summed E-state index contributed by atoms with van der Waals surface area (Å²) in [5.74, 6) is -6.45. The standard InChI is InChI=1S/C33H22F4N4O7/c1-46-28-16-25-21(15-29(28)48-30-23(36)13-20(41(44)45)14-24(30)37)26(8-11-38-25)47-27-7-6-19(12-22(27)35)39-32(43)33(9-10-33)40-31(42)17-2-4-18(34)5-3-17/h2-8,11-16H,9-10H2,1H3,(H,39,43)(H,40,42). The number of hydrogen-bond donors (Lipinski definition) is 2. The van der Waals surface area contributed by atoms with Gasteiger partial charge in [0, 0.05) is 35.0 Å². The highest BCUT2D eigenvalue weighted by Crippen LogP contribution is 2.42. The molecule has 4 aromatic carbocycles. The van der Waals surface area contributed by atoms with Gasteiger partial charge < -0.3 is 24.8 Å². The Kier molecular flexibility index (Phi) is 8.27. The molecule has 48 heavy (non-hydrogen) atoms. The summed E-state index contributed by atoms with van der Waals surface area (Å²) >= 11 is 0. The predicted molar refractivity (Wildman–Crippen MR) is 162 cm³/mol. The van der Waals surface area contributed by atoms with Gasteiger partial charge in [0.25, 0.3) is 11.6 Å². The third-order valence-corrected chi connectivity index (χ3v) is 7.45. The number of halogens is 4. The molecule has 1 heterocycles. The third kappa shape index (κ3) is 6.38. The molecule has 0 spiro atoms. The number of non-ortho nitro benzene ring substituents is 1. The molecule has 6 rings (SSSR count). The molecule has 1 aliphatic rings. The molecule has 0 saturated heterocycles. The molecule has 1 fully saturated rings. The van der Waals surface area contributed by atoms with Crippen molar-refractivity contribution >= 4 is 34.1 Å². The first kappa shape index (κ1) is 31.7. The zero-order valence-electron chi connectivity index (χ0n) is 24.7. The lowest BCUT2D eigenvalue weighted by Gasteiger charge is -2.18. The van der Waals surface area contributed by atoms with Crippen LogP contribution in [0, 0.1) is 33.4 Å². The average Bonchev–Trinajstić information content (AvgIpc) is 3.84. The summed E-state index contributed by atoms with van der Waals surface area (Å²) in [5.41, 5.74) is -1.47. The molecule has 244 valence electrons. The van der Waals surface area contributed by atoms with E-state index in [0.717, 1.165) is 18.2 Å². The van der Waals surface area contributed by atoms with Crippen LogP contribution in [-0.2, 0) is 4.79 Å². The van der Waals surface area contributed by atoms with Gasteiger partial charge in [0.1, 0.15) is 17.1 Å². The van der Waals surface area contributed by atoms with Crippen molar-refractivity contribution in [1.29, 1.82) is 0 Å². The largest absolute Gasteiger partial charge is 0.493 e. The van der Waals surface area contributed by atoms with E-state index in [2.05, 4.69) is 15.6 Å². The SMILES string of the molecule is COc1cc2nccc(Oc3ccc(NC(=O)C4(NC(=O)c5ccc(F)cc5)CC4)cc3F)c2cc1Oc1c(F)cc([N+](=O)[O-])cc1F. The predicted octanol–water partition coefficient (Wildman–Crippen LogP) is 7.19. The van der Waals surface area contributed by atoms with E-state index in [4.69, 9.17) is 14.2 Å². The van der Waals surface area contributed by atoms with Crippen LogP contribution >= 0.6 is 0 Å². The van der Waals surface area contributed by atoms with Crippen molar-refractivity contribution in [3.05, 3.63) is 118 Å². The number of benzene rings is 4. The average molecular weight is 663 g/mol. The highest BCUT2D eigenvalue weighted by atomic mass is 19.1. The Morgan fingerprint density at radius 3 is 2.17 bits per heavy atom. The van der Waals surface area contributed by atoms with E-state index >= 15 is 4.39 Å². The van der Waals surface area contributed by atoms with Gasteiger partial charge >= 0.3 is 0 Å². The van der Waals surface area contributed by atoms with Crippen LogP contribution in [0.15, 0.2) is 79.0 Å². The minimum Gasteiger partial charge on any atom is -0.493 e. The number of nitro benzene ring substituents is 1. The summed E-state index contributed by atoms with van der Waals surface area (Å²) in [7, 11) is 1.27. The van der Waals surface area contributed by atoms with Crippen molar-refractivity contribution in [3.63, 3.8) is 0 Å². The van der Waals surface area contributed by atoms with Gasteiger partial charge in [0.05, 0.1) is 29.7 Å². The lowest BCUT2D eigenvalue weighted by atomic mass is 10.1. The van der Waals surface area contributed by atoms with Gasteiger partial charge in [-0.05, 0) is 61.4 Å². The van der Waals surface area contributed by atoms with E-state index in [9.17, 15) is 32.9 Å². The number of fused-ring (bicyclic) bond motifs is 1. The minimum absolute atomic E-state index is 0.0119. The molecule has 5 aromatic rings. The fourth-order valence-electron chi connectivity index (χ4n) is 4.77. The molecule has 0 bridgehead atoms. The van der Waals surface area contributed by atoms with Gasteiger partial charge in [-0.3, -0.25) is 24.7 Å². The maximum Gasteiger partial charge on any atom is 0.275 e. The van der Waals surface area contributed by atoms with Crippen molar-refractivity contribution in [2.75, 3.05) is 12.4 Å². The molecule has 1 aliphatic carbocycles. The van der Waals surface area contributed by atoms with Crippen molar-refractivity contribution in [1.82, 2.24) is 10.3 Å². The van der Waals surface area contributed by atoms with E-state index in [1.807, 2.05) is 0 Å². The molecule has 11 nitrogen and oxygen atoms in total. The number of nitrogens with one attached hydrogen (secondary N) is 2. The van der Waals surface area contributed by atoms with Gasteiger partial charge in [-0.2, -0.15) is 0 Å². The highest BCUT2D eigenvalue weighted by molar-refractivity contribution is 6.05. The lowest BCUT2D eigenvalue weighted by molar-refractivity contribution is -0.385. The number of carbonyl (C=O) groups is 2. The molecule has 0 atom stereocenters. The molecule has 0 radical (unpaired) electrons. The van der Waals surface area contributed by atoms with E-state index in [1.165, 1.54) is 55.8 Å². The quantitative estimate of drug-likeness (QED) is 0.0909. The van der Waals surface area contributed by atoms with Crippen LogP contribution < -0.4 is 24.8 Å². The molecule has 15 heteroatoms. The fourth-order valence-corrected chi connectivity index (χ4v) is 4.77. The Hall–Kier alpha value is -6.25. The number of anilines is 1. The number of methoxy groups -OCH3 is 1. The highest BCUT2D eigenvalue weighted by Gasteiger charge is 2.51. The van der Waals surface area contributed by atoms with Gasteiger partial charge in [-0.25, -0.2) is 17.6 Å². The number of rotatable bonds is 10. The van der Waals surface area contributed by atoms with Crippen LogP contribution in [0.1, 0.15) is 23.2 Å². The minimum atomic E-state index is -1.33. The van der Waals surface area contributed by atoms with Gasteiger partial charge in [0.15, 0.2) is 40.4 Å². The van der Waals surface area contributed by atoms with Crippen molar-refractivity contribution in [2.45, 2.75) is 18.4 Å². The summed E-state index contributed by atoms with van der Waals surface area (Å²) in [6, 6.07) is 13.6. The van der Waals surface area contributed by atoms with Crippen LogP contribution in [-0.4, -0.2) is 34.4 Å². The van der Waals surface area contributed by atoms with Crippen LogP contribution in [0.4, 0.5) is 28.9 Å². The smallest absolute Gasteiger partial charge is 0.275 e. The van der Waals surface area contributed by atoms with Gasteiger partial charge in [0.2, 0.25) is 5.91 Å². The summed E-state index contributed by atoms with van der Waals surface area (Å²) in [6.07, 6.45) is 2.07. The molecule has 0 aliphatic heterocycles. The van der Waals surface area contributed by atoms with Gasteiger partial charge in [-0.15, -0.1) is 0 Å². The Balaban J connectivity index is 1.21. The van der Waals surface area contributed by atoms with Crippen molar-refractivity contribution < 1.29 is 46.3 Å². The van der Waals surface area contributed by atoms with Gasteiger partial charge in [-0.1, -0.05) is 0 Å². The lowest BCUT2D eigenvalue weighted by Crippen LogP contribution is -2.46. The summed E-state index contributed by atoms with van der Waals surface area (Å²) in [6.45, 7) is 0. The van der Waals surface area contributed by atoms with E-state index in [1.54, 1.807) is 0 Å². The number of ether oxygens (including phenoxy) is 3. The number of aromatic nitrogens is 1. The van der Waals surface area contributed by atoms with Crippen LogP contribution in [0.2, 0.25) is 0 Å². The first-order valence-electron chi connectivity index (χ1n) is 14.1. The molecular formula is C33H22F4N4O7. The number of hydrogen-bond acceptors (Lipinski definition) is 8. The zero-order chi connectivity index (χ0) is 34.2. The van der Waals surface area contributed by atoms with Crippen molar-refractivity contribution in [2.24, 2.45) is 0 Å². The second kappa shape index (κ2) is 12.5. The number of nitrogens with zero attached hydrogens (tertiary/aromatic N) is 2. The molecule has 0 unspecified atom stereocenters. The number of pyridine rings is 1. The normalized spacial score (nSPS) is 13.0. The maximum absolute atomic E-state index is 15.3. The first-order valence-corrected chi connectivity index (χ1v) is 14.1. The Labute approximate surface area is 268 Å². The molecule has 2 N–H and O–H groups in total. The third-order valence-electron chi connectivity index (χ3n) is 7.45. The van der Waals surface area contributed by atoms with E-state index in [0.29, 0.717) is 25.0 Å². The molecule has 2 amide bonds. The monoisotopic (exact) mass is 662 g/mol. The second-order valence-electron chi connectivity index (χ2n) is 10.7. The molecule has 1 aromatic heterocycles. The van der Waals surface area contributed by atoms with E-state index in [-0.39, 0.29) is 45.2 Å². The summed E-state index contributed by atoms with van der Waals surface area (Å²) in [5, 5.41) is 16.4. The first-order chi connectivity index (χ1) is 23.0. The zero-order valence-corrected chi connectivity index (χ0v) is 24.7. The Morgan fingerprint density at radius 1 is 0.833 bits per heavy atom. The molecule has 1 saturated carbocycles. The van der Waals surface area contributed by atoms with Crippen LogP contribution in [0.25, 0.3) is 10.9 Å². The second-order valence-corrected chi connectivity index (χ2v) is 10.7. The molecular weight excluding hydrogens is 640 g/mol. The number of nitro groups is 1. The van der Waals surface area contributed by atoms with Crippen LogP contribution in [0.3, 0.4) is 0 Å². The number of carbonyl (C=O) groups excluding carboxylic acids is 2.